The molecular weight excluding hydrogens is 332 g/mol. The summed E-state index contributed by atoms with van der Waals surface area (Å²) in [4.78, 5) is 18.1. The summed E-state index contributed by atoms with van der Waals surface area (Å²) in [5.74, 6) is 0.962. The highest BCUT2D eigenvalue weighted by Crippen LogP contribution is 2.17. The van der Waals surface area contributed by atoms with E-state index in [0.29, 0.717) is 19.6 Å². The van der Waals surface area contributed by atoms with Crippen molar-refractivity contribution in [3.8, 4) is 0 Å². The normalized spacial score (nSPS) is 11.0. The van der Waals surface area contributed by atoms with Crippen LogP contribution in [0.1, 0.15) is 17.6 Å². The Hall–Kier alpha value is -2.37. The topological polar surface area (TPSA) is 36.7 Å². The van der Waals surface area contributed by atoms with Crippen molar-refractivity contribution in [3.05, 3.63) is 76.9 Å². The number of hydrogen-bond donors (Lipinski definition) is 0. The number of amides is 1. The lowest BCUT2D eigenvalue weighted by Gasteiger charge is -2.26. The zero-order chi connectivity index (χ0) is 17.5. The molecule has 0 aliphatic rings. The van der Waals surface area contributed by atoms with Crippen molar-refractivity contribution in [3.63, 3.8) is 0 Å². The fourth-order valence-electron chi connectivity index (χ4n) is 2.80. The predicted octanol–water partition coefficient (Wildman–Crippen LogP) is 4.40. The van der Waals surface area contributed by atoms with Crippen molar-refractivity contribution in [2.75, 3.05) is 18.0 Å². The van der Waals surface area contributed by atoms with Gasteiger partial charge in [0, 0.05) is 23.7 Å². The van der Waals surface area contributed by atoms with Crippen LogP contribution in [0, 0.1) is 0 Å². The van der Waals surface area contributed by atoms with Crippen molar-refractivity contribution < 1.29 is 9.21 Å². The van der Waals surface area contributed by atoms with Gasteiger partial charge in [0.15, 0.2) is 0 Å². The third-order valence-corrected chi connectivity index (χ3v) is 4.82. The molecular formula is C20H22N2O2S. The minimum Gasteiger partial charge on any atom is -0.468 e. The Morgan fingerprint density at radius 1 is 1.04 bits per heavy atom. The molecule has 0 N–H and O–H groups in total. The lowest BCUT2D eigenvalue weighted by Crippen LogP contribution is -2.39. The van der Waals surface area contributed by atoms with Crippen molar-refractivity contribution in [1.29, 1.82) is 0 Å². The van der Waals surface area contributed by atoms with Gasteiger partial charge in [-0.1, -0.05) is 24.3 Å². The Morgan fingerprint density at radius 3 is 2.52 bits per heavy atom. The van der Waals surface area contributed by atoms with Crippen molar-refractivity contribution >= 4 is 22.9 Å². The molecule has 2 aromatic heterocycles. The molecule has 0 atom stereocenters. The first-order valence-electron chi connectivity index (χ1n) is 8.39. The molecule has 5 heteroatoms. The van der Waals surface area contributed by atoms with Crippen molar-refractivity contribution in [1.82, 2.24) is 4.90 Å². The number of carbonyl (C=O) groups excluding carboxylic acids is 1. The maximum absolute atomic E-state index is 12.9. The van der Waals surface area contributed by atoms with Crippen LogP contribution in [0.15, 0.2) is 70.7 Å². The summed E-state index contributed by atoms with van der Waals surface area (Å²) in [6.07, 6.45) is 1.67. The smallest absolute Gasteiger partial charge is 0.241 e. The first-order valence-corrected chi connectivity index (χ1v) is 9.26. The molecule has 0 radical (unpaired) electrons. The Labute approximate surface area is 152 Å². The first-order chi connectivity index (χ1) is 12.3. The molecule has 1 amide bonds. The van der Waals surface area contributed by atoms with Crippen LogP contribution in [0.4, 0.5) is 5.69 Å². The van der Waals surface area contributed by atoms with Crippen LogP contribution in [-0.2, 0) is 17.9 Å². The summed E-state index contributed by atoms with van der Waals surface area (Å²) in [6.45, 7) is 4.35. The standard InChI is InChI=1S/C20H22N2O2S/c1-2-22(17-8-4-3-5-9-17)20(23)16-21(14-18-10-6-12-24-18)15-19-11-7-13-25-19/h3-13H,2,14-16H2,1H3. The monoisotopic (exact) mass is 354 g/mol. The lowest BCUT2D eigenvalue weighted by atomic mass is 10.2. The molecule has 4 nitrogen and oxygen atoms in total. The lowest BCUT2D eigenvalue weighted by molar-refractivity contribution is -0.120. The van der Waals surface area contributed by atoms with E-state index in [2.05, 4.69) is 16.3 Å². The van der Waals surface area contributed by atoms with Gasteiger partial charge >= 0.3 is 0 Å². The molecule has 0 aliphatic heterocycles. The predicted molar refractivity (Wildman–Crippen MR) is 102 cm³/mol. The van der Waals surface area contributed by atoms with Crippen LogP contribution in [0.3, 0.4) is 0 Å². The molecule has 2 heterocycles. The number of likely N-dealkylation sites (N-methyl/N-ethyl adjacent to an activating group) is 1. The minimum absolute atomic E-state index is 0.0943. The van der Waals surface area contributed by atoms with E-state index in [4.69, 9.17) is 4.42 Å². The molecule has 130 valence electrons. The van der Waals surface area contributed by atoms with Gasteiger partial charge in [-0.05, 0) is 42.6 Å². The number of furan rings is 1. The Balaban J connectivity index is 1.72. The van der Waals surface area contributed by atoms with Gasteiger partial charge in [-0.2, -0.15) is 0 Å². The van der Waals surface area contributed by atoms with Crippen LogP contribution in [0.25, 0.3) is 0 Å². The number of benzene rings is 1. The van der Waals surface area contributed by atoms with E-state index < -0.39 is 0 Å². The van der Waals surface area contributed by atoms with Crippen LogP contribution in [0.2, 0.25) is 0 Å². The quantitative estimate of drug-likeness (QED) is 0.602. The molecule has 1 aromatic carbocycles. The number of anilines is 1. The van der Waals surface area contributed by atoms with Gasteiger partial charge in [-0.25, -0.2) is 0 Å². The van der Waals surface area contributed by atoms with Crippen molar-refractivity contribution in [2.45, 2.75) is 20.0 Å². The molecule has 0 unspecified atom stereocenters. The van der Waals surface area contributed by atoms with Gasteiger partial charge in [-0.15, -0.1) is 11.3 Å². The zero-order valence-corrected chi connectivity index (χ0v) is 15.1. The maximum Gasteiger partial charge on any atom is 0.241 e. The molecule has 0 bridgehead atoms. The number of rotatable bonds is 8. The molecule has 25 heavy (non-hydrogen) atoms. The number of hydrogen-bond acceptors (Lipinski definition) is 4. The second-order valence-corrected chi connectivity index (χ2v) is 6.81. The molecule has 3 rings (SSSR count). The SMILES string of the molecule is CCN(C(=O)CN(Cc1ccco1)Cc1cccs1)c1ccccc1. The molecule has 3 aromatic rings. The van der Waals surface area contributed by atoms with Crippen LogP contribution in [-0.4, -0.2) is 23.9 Å². The maximum atomic E-state index is 12.9. The Morgan fingerprint density at radius 2 is 1.88 bits per heavy atom. The van der Waals surface area contributed by atoms with Gasteiger partial charge in [-0.3, -0.25) is 9.69 Å². The van der Waals surface area contributed by atoms with Gasteiger partial charge in [0.25, 0.3) is 0 Å². The summed E-state index contributed by atoms with van der Waals surface area (Å²) in [5, 5.41) is 2.06. The third-order valence-electron chi connectivity index (χ3n) is 3.96. The summed E-state index contributed by atoms with van der Waals surface area (Å²) in [6, 6.07) is 17.8. The molecule has 0 fully saturated rings. The summed E-state index contributed by atoms with van der Waals surface area (Å²) in [7, 11) is 0. The molecule has 0 saturated heterocycles. The van der Waals surface area contributed by atoms with E-state index in [0.717, 1.165) is 18.0 Å². The molecule has 0 aliphatic carbocycles. The molecule has 0 saturated carbocycles. The fraction of sp³-hybridized carbons (Fsp3) is 0.250. The van der Waals surface area contributed by atoms with Crippen LogP contribution in [0.5, 0.6) is 0 Å². The highest BCUT2D eigenvalue weighted by atomic mass is 32.1. The molecule has 0 spiro atoms. The van der Waals surface area contributed by atoms with E-state index in [1.54, 1.807) is 17.6 Å². The van der Waals surface area contributed by atoms with Gasteiger partial charge in [0.1, 0.15) is 5.76 Å². The number of thiophene rings is 1. The largest absolute Gasteiger partial charge is 0.468 e. The second-order valence-electron chi connectivity index (χ2n) is 5.78. The highest BCUT2D eigenvalue weighted by molar-refractivity contribution is 7.09. The van der Waals surface area contributed by atoms with E-state index in [1.165, 1.54) is 4.88 Å². The first kappa shape index (κ1) is 17.5. The van der Waals surface area contributed by atoms with Gasteiger partial charge in [0.05, 0.1) is 19.4 Å². The highest BCUT2D eigenvalue weighted by Gasteiger charge is 2.19. The average Bonchev–Trinajstić information content (AvgIpc) is 3.30. The average molecular weight is 354 g/mol. The summed E-state index contributed by atoms with van der Waals surface area (Å²) in [5.41, 5.74) is 0.934. The summed E-state index contributed by atoms with van der Waals surface area (Å²) < 4.78 is 5.47. The van der Waals surface area contributed by atoms with E-state index in [1.807, 2.05) is 60.4 Å². The third kappa shape index (κ3) is 4.81. The van der Waals surface area contributed by atoms with E-state index in [9.17, 15) is 4.79 Å². The van der Waals surface area contributed by atoms with Crippen molar-refractivity contribution in [2.24, 2.45) is 0 Å². The van der Waals surface area contributed by atoms with Crippen LogP contribution >= 0.6 is 11.3 Å². The zero-order valence-electron chi connectivity index (χ0n) is 14.3. The summed E-state index contributed by atoms with van der Waals surface area (Å²) >= 11 is 1.70. The fourth-order valence-corrected chi connectivity index (χ4v) is 3.55. The number of nitrogens with zero attached hydrogens (tertiary/aromatic N) is 2. The Bertz CT molecular complexity index is 718. The van der Waals surface area contributed by atoms with Crippen LogP contribution < -0.4 is 4.90 Å². The number of carbonyl (C=O) groups is 1. The second kappa shape index (κ2) is 8.65. The van der Waals surface area contributed by atoms with E-state index in [-0.39, 0.29) is 5.91 Å². The van der Waals surface area contributed by atoms with Gasteiger partial charge < -0.3 is 9.32 Å². The van der Waals surface area contributed by atoms with E-state index >= 15 is 0 Å². The minimum atomic E-state index is 0.0943. The Kier molecular flexibility index (Phi) is 6.04. The van der Waals surface area contributed by atoms with Gasteiger partial charge in [0.2, 0.25) is 5.91 Å². The number of para-hydroxylation sites is 1.